The van der Waals surface area contributed by atoms with Crippen LogP contribution in [-0.4, -0.2) is 29.1 Å². The summed E-state index contributed by atoms with van der Waals surface area (Å²) in [4.78, 5) is 14.8. The lowest BCUT2D eigenvalue weighted by Gasteiger charge is -2.09. The van der Waals surface area contributed by atoms with Gasteiger partial charge < -0.3 is 19.6 Å². The number of rotatable bonds is 5. The van der Waals surface area contributed by atoms with Crippen LogP contribution in [0.15, 0.2) is 12.1 Å². The number of hydrogen-bond donors (Lipinski definition) is 2. The van der Waals surface area contributed by atoms with Crippen LogP contribution in [0, 0.1) is 16.5 Å². The first kappa shape index (κ1) is 15.5. The minimum absolute atomic E-state index is 0.0837. The molecule has 0 bridgehead atoms. The van der Waals surface area contributed by atoms with Gasteiger partial charge in [0.05, 0.1) is 18.1 Å². The van der Waals surface area contributed by atoms with Crippen molar-refractivity contribution in [1.29, 1.82) is 0 Å². The molecule has 0 fully saturated rings. The van der Waals surface area contributed by atoms with Crippen LogP contribution in [-0.2, 0) is 11.3 Å². The molecule has 0 unspecified atom stereocenters. The Bertz CT molecular complexity index is 721. The van der Waals surface area contributed by atoms with Crippen molar-refractivity contribution < 1.29 is 13.9 Å². The minimum Gasteiger partial charge on any atom is -0.494 e. The van der Waals surface area contributed by atoms with Crippen LogP contribution < -0.4 is 10.1 Å². The van der Waals surface area contributed by atoms with Crippen molar-refractivity contribution in [2.24, 2.45) is 5.92 Å². The van der Waals surface area contributed by atoms with Gasteiger partial charge in [-0.05, 0) is 18.1 Å². The summed E-state index contributed by atoms with van der Waals surface area (Å²) < 4.78 is 20.6. The molecule has 0 aliphatic rings. The van der Waals surface area contributed by atoms with Gasteiger partial charge in [0.25, 0.3) is 0 Å². The van der Waals surface area contributed by atoms with Gasteiger partial charge in [-0.3, -0.25) is 4.79 Å². The fourth-order valence-corrected chi connectivity index (χ4v) is 2.26. The number of amides is 1. The van der Waals surface area contributed by atoms with Crippen LogP contribution in [0.25, 0.3) is 11.0 Å². The second kappa shape index (κ2) is 6.26. The Hall–Kier alpha value is -1.89. The van der Waals surface area contributed by atoms with Crippen molar-refractivity contribution in [3.63, 3.8) is 0 Å². The summed E-state index contributed by atoms with van der Waals surface area (Å²) in [5, 5.41) is 2.83. The summed E-state index contributed by atoms with van der Waals surface area (Å²) in [5.74, 6) is -0.117. The molecule has 2 aromatic rings. The van der Waals surface area contributed by atoms with Gasteiger partial charge in [-0.2, -0.15) is 0 Å². The van der Waals surface area contributed by atoms with E-state index in [0.29, 0.717) is 28.3 Å². The lowest BCUT2D eigenvalue weighted by molar-refractivity contribution is -0.121. The Kier molecular flexibility index (Phi) is 4.62. The van der Waals surface area contributed by atoms with Crippen LogP contribution in [0.4, 0.5) is 4.39 Å². The van der Waals surface area contributed by atoms with E-state index in [4.69, 9.17) is 17.0 Å². The standard InChI is InChI=1S/C14H18FN3O2S/c1-8(2)6-16-13(19)7-18-11-5-12(20-3)9(15)4-10(11)17-14(18)21/h4-5,8H,6-7H2,1-3H3,(H,16,19)(H,17,21). The molecule has 1 aromatic carbocycles. The smallest absolute Gasteiger partial charge is 0.240 e. The molecule has 2 rings (SSSR count). The number of ether oxygens (including phenoxy) is 1. The number of aromatic nitrogens is 2. The normalized spacial score (nSPS) is 11.1. The summed E-state index contributed by atoms with van der Waals surface area (Å²) in [6.45, 7) is 4.73. The monoisotopic (exact) mass is 311 g/mol. The highest BCUT2D eigenvalue weighted by molar-refractivity contribution is 7.71. The number of carbonyl (C=O) groups is 1. The Morgan fingerprint density at radius 2 is 2.24 bits per heavy atom. The average Bonchev–Trinajstić information content (AvgIpc) is 2.71. The molecular formula is C14H18FN3O2S. The molecule has 5 nitrogen and oxygen atoms in total. The highest BCUT2D eigenvalue weighted by Gasteiger charge is 2.13. The number of aromatic amines is 1. The van der Waals surface area contributed by atoms with Crippen LogP contribution in [0.5, 0.6) is 5.75 Å². The van der Waals surface area contributed by atoms with Crippen molar-refractivity contribution >= 4 is 29.2 Å². The van der Waals surface area contributed by atoms with E-state index in [0.717, 1.165) is 0 Å². The molecule has 0 spiro atoms. The zero-order chi connectivity index (χ0) is 15.6. The Morgan fingerprint density at radius 1 is 1.52 bits per heavy atom. The van der Waals surface area contributed by atoms with Gasteiger partial charge in [-0.15, -0.1) is 0 Å². The molecule has 0 saturated heterocycles. The third-order valence-corrected chi connectivity index (χ3v) is 3.38. The van der Waals surface area contributed by atoms with E-state index in [9.17, 15) is 9.18 Å². The predicted octanol–water partition coefficient (Wildman–Crippen LogP) is 2.62. The minimum atomic E-state index is -0.474. The molecular weight excluding hydrogens is 293 g/mol. The first-order chi connectivity index (χ1) is 9.92. The van der Waals surface area contributed by atoms with E-state index in [2.05, 4.69) is 10.3 Å². The van der Waals surface area contributed by atoms with E-state index >= 15 is 0 Å². The number of imidazole rings is 1. The Morgan fingerprint density at radius 3 is 2.86 bits per heavy atom. The molecule has 114 valence electrons. The maximum absolute atomic E-state index is 13.7. The number of nitrogens with one attached hydrogen (secondary N) is 2. The molecule has 0 aliphatic heterocycles. The molecule has 1 heterocycles. The summed E-state index contributed by atoms with van der Waals surface area (Å²) in [6.07, 6.45) is 0. The van der Waals surface area contributed by atoms with Crippen LogP contribution >= 0.6 is 12.2 Å². The molecule has 0 saturated carbocycles. The number of carbonyl (C=O) groups excluding carboxylic acids is 1. The molecule has 1 aromatic heterocycles. The molecule has 21 heavy (non-hydrogen) atoms. The van der Waals surface area contributed by atoms with Gasteiger partial charge in [0, 0.05) is 18.7 Å². The summed E-state index contributed by atoms with van der Waals surface area (Å²) in [7, 11) is 1.39. The third kappa shape index (κ3) is 3.41. The lowest BCUT2D eigenvalue weighted by atomic mass is 10.2. The fraction of sp³-hybridized carbons (Fsp3) is 0.429. The molecule has 0 atom stereocenters. The first-order valence-corrected chi connectivity index (χ1v) is 7.06. The quantitative estimate of drug-likeness (QED) is 0.835. The van der Waals surface area contributed by atoms with Gasteiger partial charge in [0.1, 0.15) is 6.54 Å². The average molecular weight is 311 g/mol. The molecule has 7 heteroatoms. The number of halogens is 1. The van der Waals surface area contributed by atoms with Crippen LogP contribution in [0.2, 0.25) is 0 Å². The van der Waals surface area contributed by atoms with Gasteiger partial charge in [0.15, 0.2) is 16.3 Å². The van der Waals surface area contributed by atoms with Crippen molar-refractivity contribution in [3.05, 3.63) is 22.7 Å². The van der Waals surface area contributed by atoms with E-state index in [1.54, 1.807) is 4.57 Å². The molecule has 2 N–H and O–H groups in total. The zero-order valence-corrected chi connectivity index (χ0v) is 13.0. The van der Waals surface area contributed by atoms with Gasteiger partial charge in [-0.1, -0.05) is 13.8 Å². The third-order valence-electron chi connectivity index (χ3n) is 3.06. The SMILES string of the molecule is COc1cc2c(cc1F)[nH]c(=S)n2CC(=O)NCC(C)C. The highest BCUT2D eigenvalue weighted by atomic mass is 32.1. The van der Waals surface area contributed by atoms with E-state index in [-0.39, 0.29) is 18.2 Å². The summed E-state index contributed by atoms with van der Waals surface area (Å²) >= 11 is 5.19. The lowest BCUT2D eigenvalue weighted by Crippen LogP contribution is -2.30. The first-order valence-electron chi connectivity index (χ1n) is 6.65. The topological polar surface area (TPSA) is 59.0 Å². The fourth-order valence-electron chi connectivity index (χ4n) is 1.99. The number of nitrogens with zero attached hydrogens (tertiary/aromatic N) is 1. The molecule has 0 aliphatic carbocycles. The Labute approximate surface area is 127 Å². The maximum Gasteiger partial charge on any atom is 0.240 e. The van der Waals surface area contributed by atoms with E-state index in [1.165, 1.54) is 19.2 Å². The number of methoxy groups -OCH3 is 1. The summed E-state index contributed by atoms with van der Waals surface area (Å²) in [5.41, 5.74) is 1.17. The van der Waals surface area contributed by atoms with E-state index < -0.39 is 5.82 Å². The maximum atomic E-state index is 13.7. The number of benzene rings is 1. The van der Waals surface area contributed by atoms with Crippen molar-refractivity contribution in [2.75, 3.05) is 13.7 Å². The number of hydrogen-bond acceptors (Lipinski definition) is 3. The van der Waals surface area contributed by atoms with E-state index in [1.807, 2.05) is 13.8 Å². The number of H-pyrrole nitrogens is 1. The molecule has 0 radical (unpaired) electrons. The molecule has 1 amide bonds. The predicted molar refractivity (Wildman–Crippen MR) is 81.5 cm³/mol. The summed E-state index contributed by atoms with van der Waals surface area (Å²) in [6, 6.07) is 2.85. The number of fused-ring (bicyclic) bond motifs is 1. The second-order valence-corrected chi connectivity index (χ2v) is 5.60. The second-order valence-electron chi connectivity index (χ2n) is 5.22. The Balaban J connectivity index is 2.33. The van der Waals surface area contributed by atoms with Crippen molar-refractivity contribution in [3.8, 4) is 5.75 Å². The van der Waals surface area contributed by atoms with Crippen LogP contribution in [0.1, 0.15) is 13.8 Å². The van der Waals surface area contributed by atoms with Crippen LogP contribution in [0.3, 0.4) is 0 Å². The largest absolute Gasteiger partial charge is 0.494 e. The van der Waals surface area contributed by atoms with Gasteiger partial charge >= 0.3 is 0 Å². The van der Waals surface area contributed by atoms with Gasteiger partial charge in [0.2, 0.25) is 5.91 Å². The van der Waals surface area contributed by atoms with Crippen molar-refractivity contribution in [2.45, 2.75) is 20.4 Å². The van der Waals surface area contributed by atoms with Gasteiger partial charge in [-0.25, -0.2) is 4.39 Å². The highest BCUT2D eigenvalue weighted by Crippen LogP contribution is 2.24. The zero-order valence-electron chi connectivity index (χ0n) is 12.2. The van der Waals surface area contributed by atoms with Crippen molar-refractivity contribution in [1.82, 2.24) is 14.9 Å².